The standard InChI is InChI=1S/C17H16ClFN2O2S/c1-2-12-20-13-10(18)7-11(19)14(15(13)24-12)21-16(22)8-5-3-4-6-9(8)17(21)23/h7,22-23H,2-6H2,1H3. The molecule has 3 aromatic rings. The van der Waals surface area contributed by atoms with Gasteiger partial charge < -0.3 is 10.2 Å². The molecule has 1 aromatic carbocycles. The van der Waals surface area contributed by atoms with Gasteiger partial charge in [-0.05, 0) is 38.2 Å². The molecule has 4 rings (SSSR count). The number of benzene rings is 1. The van der Waals surface area contributed by atoms with Crippen LogP contribution in [0.15, 0.2) is 6.07 Å². The number of hydrogen-bond donors (Lipinski definition) is 2. The molecular formula is C17H16ClFN2O2S. The van der Waals surface area contributed by atoms with Crippen molar-refractivity contribution in [2.75, 3.05) is 0 Å². The minimum Gasteiger partial charge on any atom is -0.494 e. The van der Waals surface area contributed by atoms with Crippen molar-refractivity contribution in [2.24, 2.45) is 0 Å². The first-order valence-corrected chi connectivity index (χ1v) is 9.14. The minimum atomic E-state index is -0.586. The fourth-order valence-corrected chi connectivity index (χ4v) is 4.73. The summed E-state index contributed by atoms with van der Waals surface area (Å²) in [5.74, 6) is -0.760. The smallest absolute Gasteiger partial charge is 0.202 e. The quantitative estimate of drug-likeness (QED) is 0.689. The maximum Gasteiger partial charge on any atom is 0.202 e. The van der Waals surface area contributed by atoms with E-state index >= 15 is 0 Å². The summed E-state index contributed by atoms with van der Waals surface area (Å²) >= 11 is 7.47. The molecule has 126 valence electrons. The number of aromatic nitrogens is 2. The van der Waals surface area contributed by atoms with Crippen LogP contribution in [0.4, 0.5) is 4.39 Å². The van der Waals surface area contributed by atoms with Crippen molar-refractivity contribution in [1.29, 1.82) is 0 Å². The maximum atomic E-state index is 14.8. The van der Waals surface area contributed by atoms with E-state index < -0.39 is 5.82 Å². The van der Waals surface area contributed by atoms with Gasteiger partial charge in [0.25, 0.3) is 0 Å². The van der Waals surface area contributed by atoms with Crippen molar-refractivity contribution in [1.82, 2.24) is 9.55 Å². The van der Waals surface area contributed by atoms with Crippen LogP contribution in [0.25, 0.3) is 15.9 Å². The number of halogens is 2. The number of nitrogens with zero attached hydrogens (tertiary/aromatic N) is 2. The Labute approximate surface area is 147 Å². The van der Waals surface area contributed by atoms with Crippen LogP contribution in [-0.2, 0) is 19.3 Å². The normalized spacial score (nSPS) is 14.3. The number of fused-ring (bicyclic) bond motifs is 2. The van der Waals surface area contributed by atoms with Gasteiger partial charge in [0.05, 0.1) is 14.7 Å². The van der Waals surface area contributed by atoms with Gasteiger partial charge in [0.15, 0.2) is 5.82 Å². The van der Waals surface area contributed by atoms with Crippen molar-refractivity contribution in [3.63, 3.8) is 0 Å². The highest BCUT2D eigenvalue weighted by Crippen LogP contribution is 2.44. The monoisotopic (exact) mass is 366 g/mol. The Kier molecular flexibility index (Phi) is 3.69. The van der Waals surface area contributed by atoms with E-state index in [2.05, 4.69) is 4.98 Å². The lowest BCUT2D eigenvalue weighted by Gasteiger charge is -2.10. The molecule has 0 spiro atoms. The van der Waals surface area contributed by atoms with Crippen LogP contribution < -0.4 is 0 Å². The average molecular weight is 367 g/mol. The van der Waals surface area contributed by atoms with Crippen LogP contribution in [0, 0.1) is 5.82 Å². The summed E-state index contributed by atoms with van der Waals surface area (Å²) in [4.78, 5) is 4.44. The van der Waals surface area contributed by atoms with Gasteiger partial charge in [-0.1, -0.05) is 18.5 Å². The van der Waals surface area contributed by atoms with Crippen LogP contribution in [0.1, 0.15) is 35.9 Å². The number of hydrogen-bond acceptors (Lipinski definition) is 4. The molecule has 0 bridgehead atoms. The van der Waals surface area contributed by atoms with E-state index in [1.807, 2.05) is 6.92 Å². The van der Waals surface area contributed by atoms with E-state index in [1.54, 1.807) is 0 Å². The van der Waals surface area contributed by atoms with E-state index in [0.29, 0.717) is 40.6 Å². The lowest BCUT2D eigenvalue weighted by atomic mass is 9.95. The van der Waals surface area contributed by atoms with Gasteiger partial charge in [-0.3, -0.25) is 0 Å². The predicted molar refractivity (Wildman–Crippen MR) is 93.3 cm³/mol. The number of aromatic hydroxyl groups is 2. The largest absolute Gasteiger partial charge is 0.494 e. The highest BCUT2D eigenvalue weighted by molar-refractivity contribution is 7.19. The first-order chi connectivity index (χ1) is 11.5. The van der Waals surface area contributed by atoms with Crippen molar-refractivity contribution < 1.29 is 14.6 Å². The number of aryl methyl sites for hydroxylation is 1. The molecule has 0 atom stereocenters. The fourth-order valence-electron chi connectivity index (χ4n) is 3.38. The third-order valence-electron chi connectivity index (χ3n) is 4.55. The summed E-state index contributed by atoms with van der Waals surface area (Å²) in [5.41, 5.74) is 2.04. The van der Waals surface area contributed by atoms with E-state index in [4.69, 9.17) is 11.6 Å². The van der Waals surface area contributed by atoms with Crippen LogP contribution in [-0.4, -0.2) is 19.8 Å². The molecule has 1 aliphatic carbocycles. The van der Waals surface area contributed by atoms with Crippen molar-refractivity contribution in [3.05, 3.63) is 33.0 Å². The molecule has 0 unspecified atom stereocenters. The summed E-state index contributed by atoms with van der Waals surface area (Å²) in [6, 6.07) is 1.19. The van der Waals surface area contributed by atoms with Gasteiger partial charge >= 0.3 is 0 Å². The summed E-state index contributed by atoms with van der Waals surface area (Å²) in [6.07, 6.45) is 3.97. The third kappa shape index (κ3) is 2.13. The SMILES string of the molecule is CCc1nc2c(Cl)cc(F)c(-n3c(O)c4c(c3O)CCCC4)c2s1. The van der Waals surface area contributed by atoms with Crippen molar-refractivity contribution in [3.8, 4) is 17.4 Å². The Morgan fingerprint density at radius 2 is 1.88 bits per heavy atom. The van der Waals surface area contributed by atoms with Crippen LogP contribution in [0.3, 0.4) is 0 Å². The fraction of sp³-hybridized carbons (Fsp3) is 0.353. The molecular weight excluding hydrogens is 351 g/mol. The molecule has 0 saturated carbocycles. The molecule has 0 amide bonds. The van der Waals surface area contributed by atoms with Gasteiger partial charge in [-0.2, -0.15) is 0 Å². The predicted octanol–water partition coefficient (Wildman–Crippen LogP) is 4.73. The maximum absolute atomic E-state index is 14.8. The Bertz CT molecular complexity index is 934. The van der Waals surface area contributed by atoms with E-state index in [9.17, 15) is 14.6 Å². The lowest BCUT2D eigenvalue weighted by molar-refractivity contribution is 0.397. The second-order valence-corrected chi connectivity index (χ2v) is 7.47. The molecule has 4 nitrogen and oxygen atoms in total. The van der Waals surface area contributed by atoms with E-state index in [-0.39, 0.29) is 22.5 Å². The summed E-state index contributed by atoms with van der Waals surface area (Å²) in [6.45, 7) is 1.96. The number of thiazole rings is 1. The molecule has 0 saturated heterocycles. The molecule has 2 N–H and O–H groups in total. The lowest BCUT2D eigenvalue weighted by Crippen LogP contribution is -1.98. The van der Waals surface area contributed by atoms with Crippen molar-refractivity contribution >= 4 is 33.2 Å². The Hall–Kier alpha value is -1.79. The highest BCUT2D eigenvalue weighted by atomic mass is 35.5. The van der Waals surface area contributed by atoms with Crippen LogP contribution in [0.5, 0.6) is 11.8 Å². The minimum absolute atomic E-state index is 0.0869. The second-order valence-electron chi connectivity index (χ2n) is 5.97. The Morgan fingerprint density at radius 1 is 1.25 bits per heavy atom. The summed E-state index contributed by atoms with van der Waals surface area (Å²) < 4.78 is 16.5. The average Bonchev–Trinajstić information content (AvgIpc) is 3.11. The zero-order valence-corrected chi connectivity index (χ0v) is 14.6. The Balaban J connectivity index is 2.07. The summed E-state index contributed by atoms with van der Waals surface area (Å²) in [7, 11) is 0. The zero-order valence-electron chi connectivity index (χ0n) is 13.1. The van der Waals surface area contributed by atoms with Crippen molar-refractivity contribution in [2.45, 2.75) is 39.0 Å². The van der Waals surface area contributed by atoms with E-state index in [0.717, 1.165) is 17.8 Å². The van der Waals surface area contributed by atoms with Gasteiger partial charge in [0.2, 0.25) is 11.8 Å². The van der Waals surface area contributed by atoms with Crippen LogP contribution >= 0.6 is 22.9 Å². The number of rotatable bonds is 2. The molecule has 7 heteroatoms. The molecule has 1 aliphatic rings. The molecule has 0 aliphatic heterocycles. The van der Waals surface area contributed by atoms with Gasteiger partial charge in [0, 0.05) is 11.1 Å². The molecule has 0 radical (unpaired) electrons. The van der Waals surface area contributed by atoms with Gasteiger partial charge in [-0.25, -0.2) is 13.9 Å². The van der Waals surface area contributed by atoms with Gasteiger partial charge in [0.1, 0.15) is 11.2 Å². The molecule has 0 fully saturated rings. The molecule has 2 heterocycles. The summed E-state index contributed by atoms with van der Waals surface area (Å²) in [5, 5.41) is 22.3. The third-order valence-corrected chi connectivity index (χ3v) is 6.04. The Morgan fingerprint density at radius 3 is 2.46 bits per heavy atom. The van der Waals surface area contributed by atoms with E-state index in [1.165, 1.54) is 22.0 Å². The molecule has 2 aromatic heterocycles. The van der Waals surface area contributed by atoms with Gasteiger partial charge in [-0.15, -0.1) is 11.3 Å². The first kappa shape index (κ1) is 15.7. The second kappa shape index (κ2) is 5.63. The molecule has 24 heavy (non-hydrogen) atoms. The van der Waals surface area contributed by atoms with Crippen LogP contribution in [0.2, 0.25) is 5.02 Å². The zero-order chi connectivity index (χ0) is 17.0. The first-order valence-electron chi connectivity index (χ1n) is 7.95. The highest BCUT2D eigenvalue weighted by Gasteiger charge is 2.28. The topological polar surface area (TPSA) is 58.3 Å².